The van der Waals surface area contributed by atoms with E-state index in [1.807, 2.05) is 11.5 Å². The van der Waals surface area contributed by atoms with Crippen LogP contribution in [0, 0.1) is 0 Å². The number of hydrogen-bond donors (Lipinski definition) is 0. The van der Waals surface area contributed by atoms with Gasteiger partial charge in [0.05, 0.1) is 25.1 Å². The summed E-state index contributed by atoms with van der Waals surface area (Å²) in [6.07, 6.45) is 3.00. The lowest BCUT2D eigenvalue weighted by atomic mass is 10.2. The van der Waals surface area contributed by atoms with E-state index in [4.69, 9.17) is 21.1 Å². The van der Waals surface area contributed by atoms with Gasteiger partial charge in [0.1, 0.15) is 11.3 Å². The van der Waals surface area contributed by atoms with Crippen LogP contribution in [0.3, 0.4) is 0 Å². The molecule has 0 spiro atoms. The maximum Gasteiger partial charge on any atom is 0.357 e. The Kier molecular flexibility index (Phi) is 5.13. The standard InChI is InChI=1S/C16H20ClN3O3/c1-2-3-7-23-16(21)13-5-4-12-15(19-13)20(14(9-17)18-12)10-11-6-8-22-11/h4-5,11H,2-3,6-10H2,1H3/t11-/m0/s1. The molecule has 0 radical (unpaired) electrons. The van der Waals surface area contributed by atoms with Gasteiger partial charge in [0.25, 0.3) is 0 Å². The van der Waals surface area contributed by atoms with Crippen LogP contribution in [-0.4, -0.2) is 39.8 Å². The number of pyridine rings is 1. The average Bonchev–Trinajstić information content (AvgIpc) is 2.87. The van der Waals surface area contributed by atoms with Crippen molar-refractivity contribution < 1.29 is 14.3 Å². The van der Waals surface area contributed by atoms with E-state index in [0.29, 0.717) is 30.4 Å². The minimum absolute atomic E-state index is 0.163. The Balaban J connectivity index is 1.87. The highest BCUT2D eigenvalue weighted by atomic mass is 35.5. The van der Waals surface area contributed by atoms with Gasteiger partial charge in [-0.3, -0.25) is 0 Å². The summed E-state index contributed by atoms with van der Waals surface area (Å²) in [6.45, 7) is 3.90. The first-order valence-electron chi connectivity index (χ1n) is 7.93. The summed E-state index contributed by atoms with van der Waals surface area (Å²) in [4.78, 5) is 21.0. The second-order valence-electron chi connectivity index (χ2n) is 5.58. The second kappa shape index (κ2) is 7.27. The maximum absolute atomic E-state index is 12.1. The highest BCUT2D eigenvalue weighted by Crippen LogP contribution is 2.21. The monoisotopic (exact) mass is 337 g/mol. The molecule has 6 nitrogen and oxygen atoms in total. The van der Waals surface area contributed by atoms with Crippen LogP contribution in [0.4, 0.5) is 0 Å². The summed E-state index contributed by atoms with van der Waals surface area (Å²) >= 11 is 5.99. The lowest BCUT2D eigenvalue weighted by Crippen LogP contribution is -2.31. The van der Waals surface area contributed by atoms with Crippen molar-refractivity contribution in [3.05, 3.63) is 23.7 Å². The third kappa shape index (κ3) is 3.48. The molecule has 124 valence electrons. The Bertz CT molecular complexity index is 697. The van der Waals surface area contributed by atoms with Crippen LogP contribution < -0.4 is 0 Å². The molecule has 0 aliphatic carbocycles. The Morgan fingerprint density at radius 2 is 2.30 bits per heavy atom. The zero-order chi connectivity index (χ0) is 16.2. The van der Waals surface area contributed by atoms with Crippen molar-refractivity contribution >= 4 is 28.7 Å². The van der Waals surface area contributed by atoms with E-state index in [-0.39, 0.29) is 6.10 Å². The zero-order valence-electron chi connectivity index (χ0n) is 13.1. The topological polar surface area (TPSA) is 66.2 Å². The molecule has 0 N–H and O–H groups in total. The van der Waals surface area contributed by atoms with Gasteiger partial charge in [-0.15, -0.1) is 11.6 Å². The van der Waals surface area contributed by atoms with Crippen molar-refractivity contribution in [2.45, 2.75) is 44.7 Å². The molecule has 1 atom stereocenters. The van der Waals surface area contributed by atoms with Crippen LogP contribution in [0.15, 0.2) is 12.1 Å². The minimum atomic E-state index is -0.402. The molecule has 2 aromatic rings. The summed E-state index contributed by atoms with van der Waals surface area (Å²) in [5.74, 6) is 0.626. The molecule has 3 heterocycles. The molecule has 7 heteroatoms. The van der Waals surface area contributed by atoms with Crippen molar-refractivity contribution in [1.29, 1.82) is 0 Å². The second-order valence-corrected chi connectivity index (χ2v) is 5.85. The first-order valence-corrected chi connectivity index (χ1v) is 8.47. The van der Waals surface area contributed by atoms with Crippen LogP contribution >= 0.6 is 11.6 Å². The summed E-state index contributed by atoms with van der Waals surface area (Å²) in [7, 11) is 0. The third-order valence-electron chi connectivity index (χ3n) is 3.91. The van der Waals surface area contributed by atoms with Crippen LogP contribution in [0.5, 0.6) is 0 Å². The van der Waals surface area contributed by atoms with E-state index in [1.165, 1.54) is 0 Å². The summed E-state index contributed by atoms with van der Waals surface area (Å²) < 4.78 is 12.6. The van der Waals surface area contributed by atoms with Crippen LogP contribution in [-0.2, 0) is 21.9 Å². The van der Waals surface area contributed by atoms with E-state index in [9.17, 15) is 4.79 Å². The molecule has 0 unspecified atom stereocenters. The molecule has 0 aromatic carbocycles. The molecule has 1 saturated heterocycles. The molecule has 23 heavy (non-hydrogen) atoms. The number of fused-ring (bicyclic) bond motifs is 1. The van der Waals surface area contributed by atoms with Gasteiger partial charge in [-0.05, 0) is 25.0 Å². The zero-order valence-corrected chi connectivity index (χ0v) is 13.9. The van der Waals surface area contributed by atoms with Crippen molar-refractivity contribution in [3.63, 3.8) is 0 Å². The highest BCUT2D eigenvalue weighted by Gasteiger charge is 2.22. The van der Waals surface area contributed by atoms with E-state index >= 15 is 0 Å². The van der Waals surface area contributed by atoms with Crippen LogP contribution in [0.25, 0.3) is 11.2 Å². The predicted octanol–water partition coefficient (Wildman–Crippen LogP) is 2.92. The minimum Gasteiger partial charge on any atom is -0.461 e. The lowest BCUT2D eigenvalue weighted by Gasteiger charge is -2.27. The number of hydrogen-bond acceptors (Lipinski definition) is 5. The number of carbonyl (C=O) groups is 1. The van der Waals surface area contributed by atoms with Gasteiger partial charge < -0.3 is 14.0 Å². The van der Waals surface area contributed by atoms with E-state index < -0.39 is 5.97 Å². The first-order chi connectivity index (χ1) is 11.2. The van der Waals surface area contributed by atoms with Gasteiger partial charge in [-0.25, -0.2) is 14.8 Å². The molecule has 3 rings (SSSR count). The number of unbranched alkanes of at least 4 members (excludes halogenated alkanes) is 1. The number of aromatic nitrogens is 3. The molecule has 2 aromatic heterocycles. The quantitative estimate of drug-likeness (QED) is 0.441. The number of imidazole rings is 1. The molecular formula is C16H20ClN3O3. The SMILES string of the molecule is CCCCOC(=O)c1ccc2nc(CCl)n(C[C@@H]3CCO3)c2n1. The molecule has 1 aliphatic rings. The molecule has 1 aliphatic heterocycles. The van der Waals surface area contributed by atoms with Gasteiger partial charge in [0, 0.05) is 6.61 Å². The lowest BCUT2D eigenvalue weighted by molar-refractivity contribution is -0.0590. The number of halogens is 1. The molecule has 0 saturated carbocycles. The first kappa shape index (κ1) is 16.2. The van der Waals surface area contributed by atoms with Gasteiger partial charge in [0.2, 0.25) is 0 Å². The third-order valence-corrected chi connectivity index (χ3v) is 4.15. The average molecular weight is 338 g/mol. The fraction of sp³-hybridized carbons (Fsp3) is 0.562. The van der Waals surface area contributed by atoms with Gasteiger partial charge >= 0.3 is 5.97 Å². The van der Waals surface area contributed by atoms with E-state index in [0.717, 1.165) is 37.2 Å². The Morgan fingerprint density at radius 1 is 1.48 bits per heavy atom. The largest absolute Gasteiger partial charge is 0.461 e. The number of ether oxygens (including phenoxy) is 2. The predicted molar refractivity (Wildman–Crippen MR) is 86.6 cm³/mol. The Labute approximate surface area is 139 Å². The molecule has 0 amide bonds. The van der Waals surface area contributed by atoms with Gasteiger partial charge in [-0.1, -0.05) is 13.3 Å². The number of esters is 1. The molecule has 1 fully saturated rings. The van der Waals surface area contributed by atoms with Crippen LogP contribution in [0.1, 0.15) is 42.5 Å². The number of nitrogens with zero attached hydrogens (tertiary/aromatic N) is 3. The van der Waals surface area contributed by atoms with Gasteiger partial charge in [0.15, 0.2) is 11.3 Å². The fourth-order valence-corrected chi connectivity index (χ4v) is 2.68. The summed E-state index contributed by atoms with van der Waals surface area (Å²) in [5.41, 5.74) is 1.68. The molecule has 0 bridgehead atoms. The normalized spacial score (nSPS) is 17.2. The summed E-state index contributed by atoms with van der Waals surface area (Å²) in [6, 6.07) is 3.43. The molecular weight excluding hydrogens is 318 g/mol. The Hall–Kier alpha value is -1.66. The highest BCUT2D eigenvalue weighted by molar-refractivity contribution is 6.16. The van der Waals surface area contributed by atoms with Gasteiger partial charge in [-0.2, -0.15) is 0 Å². The summed E-state index contributed by atoms with van der Waals surface area (Å²) in [5, 5.41) is 0. The number of alkyl halides is 1. The smallest absolute Gasteiger partial charge is 0.357 e. The fourth-order valence-electron chi connectivity index (χ4n) is 2.47. The number of carbonyl (C=O) groups excluding carboxylic acids is 1. The van der Waals surface area contributed by atoms with Crippen molar-refractivity contribution in [1.82, 2.24) is 14.5 Å². The maximum atomic E-state index is 12.1. The number of rotatable bonds is 7. The Morgan fingerprint density at radius 3 is 2.96 bits per heavy atom. The van der Waals surface area contributed by atoms with Crippen molar-refractivity contribution in [2.75, 3.05) is 13.2 Å². The van der Waals surface area contributed by atoms with Crippen molar-refractivity contribution in [2.24, 2.45) is 0 Å². The van der Waals surface area contributed by atoms with E-state index in [1.54, 1.807) is 12.1 Å². The van der Waals surface area contributed by atoms with Crippen LogP contribution in [0.2, 0.25) is 0 Å². The van der Waals surface area contributed by atoms with E-state index in [2.05, 4.69) is 9.97 Å². The van der Waals surface area contributed by atoms with Crippen molar-refractivity contribution in [3.8, 4) is 0 Å².